The number of hydrogen-bond donors (Lipinski definition) is 1. The highest BCUT2D eigenvalue weighted by molar-refractivity contribution is 6.19. The number of carbonyl (C=O) groups excluding carboxylic acids is 1. The van der Waals surface area contributed by atoms with Crippen molar-refractivity contribution in [3.05, 3.63) is 29.6 Å². The lowest BCUT2D eigenvalue weighted by Gasteiger charge is -2.13. The summed E-state index contributed by atoms with van der Waals surface area (Å²) in [5.74, 6) is -8.07. The van der Waals surface area contributed by atoms with Gasteiger partial charge in [0.05, 0.1) is 0 Å². The molecule has 1 unspecified atom stereocenters. The first kappa shape index (κ1) is 12.1. The number of benzene rings is 1. The third-order valence-corrected chi connectivity index (χ3v) is 2.29. The van der Waals surface area contributed by atoms with E-state index in [1.165, 1.54) is 0 Å². The number of halogens is 3. The lowest BCUT2D eigenvalue weighted by atomic mass is 10.1. The fraction of sp³-hybridized carbons (Fsp3) is 0.100. The molecule has 1 atom stereocenters. The summed E-state index contributed by atoms with van der Waals surface area (Å²) in [6.07, 6.45) is 0.783. The van der Waals surface area contributed by atoms with Crippen LogP contribution in [-0.4, -0.2) is 23.2 Å². The summed E-state index contributed by atoms with van der Waals surface area (Å²) in [5.41, 5.74) is -0.640. The van der Waals surface area contributed by atoms with Crippen LogP contribution in [0.4, 0.5) is 18.9 Å². The summed E-state index contributed by atoms with van der Waals surface area (Å²) in [6.45, 7) is 0. The number of anilines is 1. The number of hydrazone groups is 1. The lowest BCUT2D eigenvalue weighted by Crippen LogP contribution is -2.31. The quantitative estimate of drug-likeness (QED) is 0.638. The van der Waals surface area contributed by atoms with E-state index >= 15 is 0 Å². The van der Waals surface area contributed by atoms with E-state index in [-0.39, 0.29) is 6.07 Å². The Morgan fingerprint density at radius 3 is 2.39 bits per heavy atom. The van der Waals surface area contributed by atoms with E-state index in [0.29, 0.717) is 11.1 Å². The van der Waals surface area contributed by atoms with Crippen molar-refractivity contribution in [3.8, 4) is 0 Å². The van der Waals surface area contributed by atoms with Crippen molar-refractivity contribution in [1.82, 2.24) is 0 Å². The highest BCUT2D eigenvalue weighted by Gasteiger charge is 2.36. The Labute approximate surface area is 98.1 Å². The molecule has 0 radical (unpaired) electrons. The fourth-order valence-electron chi connectivity index (χ4n) is 1.41. The molecule has 1 aromatic carbocycles. The molecule has 1 aliphatic rings. The van der Waals surface area contributed by atoms with Gasteiger partial charge in [0.1, 0.15) is 5.69 Å². The molecule has 0 spiro atoms. The molecule has 0 saturated heterocycles. The van der Waals surface area contributed by atoms with E-state index < -0.39 is 40.9 Å². The van der Waals surface area contributed by atoms with Crippen molar-refractivity contribution in [3.63, 3.8) is 0 Å². The maximum Gasteiger partial charge on any atom is 0.321 e. The van der Waals surface area contributed by atoms with E-state index in [2.05, 4.69) is 5.10 Å². The van der Waals surface area contributed by atoms with Crippen molar-refractivity contribution >= 4 is 23.8 Å². The molecule has 0 aliphatic carbocycles. The normalized spacial score (nSPS) is 18.5. The van der Waals surface area contributed by atoms with E-state index in [1.54, 1.807) is 0 Å². The van der Waals surface area contributed by atoms with Gasteiger partial charge >= 0.3 is 5.97 Å². The Morgan fingerprint density at radius 2 is 1.83 bits per heavy atom. The van der Waals surface area contributed by atoms with Gasteiger partial charge < -0.3 is 5.11 Å². The number of amides is 1. The van der Waals surface area contributed by atoms with Gasteiger partial charge in [-0.05, 0) is 0 Å². The van der Waals surface area contributed by atoms with E-state index in [0.717, 1.165) is 6.21 Å². The summed E-state index contributed by atoms with van der Waals surface area (Å²) in [6, 6.07) is 0.686. The van der Waals surface area contributed by atoms with Crippen LogP contribution in [0.15, 0.2) is 17.2 Å². The SMILES string of the molecule is O=C(O)C1C=NN(c2cc(F)c(F)cc2F)C1=O. The molecule has 2 rings (SSSR count). The average Bonchev–Trinajstić information content (AvgIpc) is 2.66. The number of aliphatic carboxylic acids is 1. The summed E-state index contributed by atoms with van der Waals surface area (Å²) < 4.78 is 39.0. The van der Waals surface area contributed by atoms with Crippen molar-refractivity contribution in [2.45, 2.75) is 0 Å². The molecule has 1 aliphatic heterocycles. The Kier molecular flexibility index (Phi) is 2.77. The van der Waals surface area contributed by atoms with Crippen molar-refractivity contribution < 1.29 is 27.9 Å². The fourth-order valence-corrected chi connectivity index (χ4v) is 1.41. The molecule has 8 heteroatoms. The predicted octanol–water partition coefficient (Wildman–Crippen LogP) is 1.14. The van der Waals surface area contributed by atoms with Crippen molar-refractivity contribution in [1.29, 1.82) is 0 Å². The first-order chi connectivity index (χ1) is 8.41. The van der Waals surface area contributed by atoms with Crippen LogP contribution in [0.2, 0.25) is 0 Å². The molecule has 0 saturated carbocycles. The number of carbonyl (C=O) groups is 2. The topological polar surface area (TPSA) is 70.0 Å². The number of nitrogens with zero attached hydrogens (tertiary/aromatic N) is 2. The highest BCUT2D eigenvalue weighted by Crippen LogP contribution is 2.26. The van der Waals surface area contributed by atoms with Crippen molar-refractivity contribution in [2.75, 3.05) is 5.01 Å². The van der Waals surface area contributed by atoms with Crippen LogP contribution in [0, 0.1) is 23.4 Å². The maximum atomic E-state index is 13.4. The van der Waals surface area contributed by atoms with Gasteiger partial charge in [-0.15, -0.1) is 0 Å². The minimum Gasteiger partial charge on any atom is -0.480 e. The zero-order chi connectivity index (χ0) is 13.4. The van der Waals surface area contributed by atoms with Gasteiger partial charge in [0, 0.05) is 18.3 Å². The summed E-state index contributed by atoms with van der Waals surface area (Å²) in [7, 11) is 0. The van der Waals surface area contributed by atoms with Crippen LogP contribution in [0.25, 0.3) is 0 Å². The number of carboxylic acids is 1. The van der Waals surface area contributed by atoms with Gasteiger partial charge in [0.25, 0.3) is 5.91 Å². The molecule has 1 heterocycles. The molecular formula is C10H5F3N2O3. The molecule has 1 aromatic rings. The summed E-state index contributed by atoms with van der Waals surface area (Å²) >= 11 is 0. The molecule has 0 aromatic heterocycles. The highest BCUT2D eigenvalue weighted by atomic mass is 19.2. The van der Waals surface area contributed by atoms with Gasteiger partial charge in [-0.3, -0.25) is 9.59 Å². The Hall–Kier alpha value is -2.38. The third-order valence-electron chi connectivity index (χ3n) is 2.29. The Morgan fingerprint density at radius 1 is 1.22 bits per heavy atom. The lowest BCUT2D eigenvalue weighted by molar-refractivity contribution is -0.142. The summed E-state index contributed by atoms with van der Waals surface area (Å²) in [4.78, 5) is 22.2. The maximum absolute atomic E-state index is 13.4. The van der Waals surface area contributed by atoms with Crippen LogP contribution in [-0.2, 0) is 9.59 Å². The van der Waals surface area contributed by atoms with Crippen LogP contribution in [0.5, 0.6) is 0 Å². The molecular weight excluding hydrogens is 253 g/mol. The number of rotatable bonds is 2. The van der Waals surface area contributed by atoms with Crippen molar-refractivity contribution in [2.24, 2.45) is 11.0 Å². The smallest absolute Gasteiger partial charge is 0.321 e. The number of hydrogen-bond acceptors (Lipinski definition) is 3. The largest absolute Gasteiger partial charge is 0.480 e. The molecule has 18 heavy (non-hydrogen) atoms. The predicted molar refractivity (Wildman–Crippen MR) is 53.4 cm³/mol. The van der Waals surface area contributed by atoms with Gasteiger partial charge in [-0.2, -0.15) is 10.1 Å². The molecule has 1 N–H and O–H groups in total. The second-order valence-corrected chi connectivity index (χ2v) is 3.45. The zero-order valence-electron chi connectivity index (χ0n) is 8.60. The molecule has 1 amide bonds. The minimum atomic E-state index is -1.56. The van der Waals surface area contributed by atoms with Crippen LogP contribution < -0.4 is 5.01 Å². The standard InChI is InChI=1S/C10H5F3N2O3/c11-5-1-7(13)8(2-6(5)12)15-9(16)4(3-14-15)10(17)18/h1-4H,(H,17,18). The molecule has 94 valence electrons. The minimum absolute atomic E-state index is 0.252. The monoisotopic (exact) mass is 258 g/mol. The van der Waals surface area contributed by atoms with Gasteiger partial charge in [0.2, 0.25) is 0 Å². The average molecular weight is 258 g/mol. The second kappa shape index (κ2) is 4.13. The molecule has 0 bridgehead atoms. The van der Waals surface area contributed by atoms with E-state index in [9.17, 15) is 22.8 Å². The van der Waals surface area contributed by atoms with Crippen LogP contribution in [0.3, 0.4) is 0 Å². The van der Waals surface area contributed by atoms with E-state index in [1.807, 2.05) is 0 Å². The van der Waals surface area contributed by atoms with Crippen LogP contribution in [0.1, 0.15) is 0 Å². The summed E-state index contributed by atoms with van der Waals surface area (Å²) in [5, 5.41) is 12.4. The first-order valence-electron chi connectivity index (χ1n) is 4.67. The Bertz CT molecular complexity index is 574. The first-order valence-corrected chi connectivity index (χ1v) is 4.67. The Balaban J connectivity index is 2.41. The second-order valence-electron chi connectivity index (χ2n) is 3.45. The zero-order valence-corrected chi connectivity index (χ0v) is 8.60. The van der Waals surface area contributed by atoms with E-state index in [4.69, 9.17) is 5.11 Å². The van der Waals surface area contributed by atoms with Gasteiger partial charge in [-0.1, -0.05) is 0 Å². The van der Waals surface area contributed by atoms with Crippen LogP contribution >= 0.6 is 0 Å². The van der Waals surface area contributed by atoms with Gasteiger partial charge in [-0.25, -0.2) is 13.2 Å². The number of carboxylic acid groups (broad SMARTS) is 1. The molecule has 0 fully saturated rings. The third kappa shape index (κ3) is 1.81. The molecule has 5 nitrogen and oxygen atoms in total. The van der Waals surface area contributed by atoms with Gasteiger partial charge in [0.15, 0.2) is 23.4 Å².